The molecule has 0 aliphatic heterocycles. The molecule has 0 radical (unpaired) electrons. The molecular formula is C25H23ClN2O5S. The molecule has 0 bridgehead atoms. The highest BCUT2D eigenvalue weighted by molar-refractivity contribution is 7.21. The zero-order chi connectivity index (χ0) is 24.5. The molecule has 176 valence electrons. The third-order valence-electron chi connectivity index (χ3n) is 4.77. The van der Waals surface area contributed by atoms with Crippen LogP contribution in [0.2, 0.25) is 5.02 Å². The Morgan fingerprint density at radius 3 is 2.50 bits per heavy atom. The Bertz CT molecular complexity index is 1400. The number of ether oxygens (including phenoxy) is 3. The first-order valence-corrected chi connectivity index (χ1v) is 11.6. The second kappa shape index (κ2) is 9.48. The normalized spacial score (nSPS) is 11.4. The van der Waals surface area contributed by atoms with Crippen LogP contribution in [0.15, 0.2) is 59.7 Å². The van der Waals surface area contributed by atoms with Gasteiger partial charge in [-0.3, -0.25) is 9.36 Å². The number of thiophene rings is 1. The van der Waals surface area contributed by atoms with Crippen molar-refractivity contribution >= 4 is 39.1 Å². The van der Waals surface area contributed by atoms with Crippen LogP contribution < -0.4 is 15.0 Å². The van der Waals surface area contributed by atoms with Crippen LogP contribution in [-0.4, -0.2) is 34.8 Å². The van der Waals surface area contributed by atoms with E-state index in [4.69, 9.17) is 25.8 Å². The predicted octanol–water partition coefficient (Wildman–Crippen LogP) is 5.50. The first kappa shape index (κ1) is 23.8. The van der Waals surface area contributed by atoms with E-state index >= 15 is 0 Å². The summed E-state index contributed by atoms with van der Waals surface area (Å²) in [7, 11) is 1.49. The van der Waals surface area contributed by atoms with Crippen molar-refractivity contribution in [3.8, 4) is 27.6 Å². The third kappa shape index (κ3) is 5.24. The van der Waals surface area contributed by atoms with Gasteiger partial charge in [-0.2, -0.15) is 0 Å². The topological polar surface area (TPSA) is 79.7 Å². The number of halogens is 1. The van der Waals surface area contributed by atoms with Gasteiger partial charge in [-0.25, -0.2) is 9.78 Å². The fraction of sp³-hybridized carbons (Fsp3) is 0.240. The lowest BCUT2D eigenvalue weighted by atomic mass is 10.2. The summed E-state index contributed by atoms with van der Waals surface area (Å²) >= 11 is 7.43. The smallest absolute Gasteiger partial charge is 0.344 e. The Kier molecular flexibility index (Phi) is 6.63. The maximum atomic E-state index is 13.2. The number of benzene rings is 2. The molecule has 4 aromatic rings. The van der Waals surface area contributed by atoms with E-state index in [0.717, 1.165) is 10.4 Å². The first-order valence-electron chi connectivity index (χ1n) is 10.4. The van der Waals surface area contributed by atoms with Crippen LogP contribution in [0.1, 0.15) is 20.8 Å². The molecule has 7 nitrogen and oxygen atoms in total. The van der Waals surface area contributed by atoms with E-state index in [1.54, 1.807) is 39.0 Å². The Hall–Kier alpha value is -3.36. The van der Waals surface area contributed by atoms with Crippen LogP contribution in [0, 0.1) is 0 Å². The summed E-state index contributed by atoms with van der Waals surface area (Å²) in [5.74, 6) is 0.249. The summed E-state index contributed by atoms with van der Waals surface area (Å²) in [4.78, 5) is 31.3. The SMILES string of the molecule is COc1cc(-n2cnc3sc(-c4ccc(Cl)cc4)cc3c2=O)ccc1OCC(=O)OC(C)(C)C. The van der Waals surface area contributed by atoms with Crippen molar-refractivity contribution in [2.24, 2.45) is 0 Å². The van der Waals surface area contributed by atoms with Crippen molar-refractivity contribution < 1.29 is 19.0 Å². The molecule has 0 N–H and O–H groups in total. The van der Waals surface area contributed by atoms with E-state index < -0.39 is 11.6 Å². The lowest BCUT2D eigenvalue weighted by molar-refractivity contribution is -0.157. The van der Waals surface area contributed by atoms with Crippen molar-refractivity contribution in [2.75, 3.05) is 13.7 Å². The molecule has 0 aliphatic rings. The molecular weight excluding hydrogens is 476 g/mol. The van der Waals surface area contributed by atoms with Gasteiger partial charge in [0.2, 0.25) is 0 Å². The molecule has 0 spiro atoms. The number of nitrogens with zero attached hydrogens (tertiary/aromatic N) is 2. The average Bonchev–Trinajstić information content (AvgIpc) is 3.22. The Labute approximate surface area is 205 Å². The maximum absolute atomic E-state index is 13.2. The number of carbonyl (C=O) groups is 1. The van der Waals surface area contributed by atoms with E-state index in [9.17, 15) is 9.59 Å². The van der Waals surface area contributed by atoms with Crippen molar-refractivity contribution in [1.82, 2.24) is 9.55 Å². The largest absolute Gasteiger partial charge is 0.493 e. The second-order valence-corrected chi connectivity index (χ2v) is 9.93. The molecule has 0 atom stereocenters. The van der Waals surface area contributed by atoms with E-state index in [1.807, 2.05) is 30.3 Å². The van der Waals surface area contributed by atoms with E-state index in [0.29, 0.717) is 32.4 Å². The highest BCUT2D eigenvalue weighted by Crippen LogP contribution is 2.33. The quantitative estimate of drug-likeness (QED) is 0.327. The van der Waals surface area contributed by atoms with E-state index in [2.05, 4.69) is 4.98 Å². The molecule has 2 aromatic carbocycles. The van der Waals surface area contributed by atoms with Gasteiger partial charge in [0.15, 0.2) is 18.1 Å². The van der Waals surface area contributed by atoms with Gasteiger partial charge in [-0.1, -0.05) is 23.7 Å². The molecule has 0 saturated carbocycles. The lowest BCUT2D eigenvalue weighted by Crippen LogP contribution is -2.27. The molecule has 2 aromatic heterocycles. The van der Waals surface area contributed by atoms with Crippen LogP contribution in [0.3, 0.4) is 0 Å². The summed E-state index contributed by atoms with van der Waals surface area (Å²) in [5, 5.41) is 1.17. The van der Waals surface area contributed by atoms with E-state index in [-0.39, 0.29) is 12.2 Å². The van der Waals surface area contributed by atoms with Gasteiger partial charge >= 0.3 is 5.97 Å². The molecule has 2 heterocycles. The van der Waals surface area contributed by atoms with Crippen LogP contribution >= 0.6 is 22.9 Å². The maximum Gasteiger partial charge on any atom is 0.344 e. The van der Waals surface area contributed by atoms with Crippen LogP contribution in [-0.2, 0) is 9.53 Å². The monoisotopic (exact) mass is 498 g/mol. The molecule has 0 fully saturated rings. The van der Waals surface area contributed by atoms with Crippen LogP contribution in [0.25, 0.3) is 26.3 Å². The molecule has 0 unspecified atom stereocenters. The fourth-order valence-electron chi connectivity index (χ4n) is 3.30. The molecule has 0 aliphatic carbocycles. The van der Waals surface area contributed by atoms with E-state index in [1.165, 1.54) is 29.3 Å². The Morgan fingerprint density at radius 1 is 1.09 bits per heavy atom. The summed E-state index contributed by atoms with van der Waals surface area (Å²) in [6, 6.07) is 14.3. The molecule has 4 rings (SSSR count). The highest BCUT2D eigenvalue weighted by Gasteiger charge is 2.18. The zero-order valence-electron chi connectivity index (χ0n) is 19.1. The van der Waals surface area contributed by atoms with Gasteiger partial charge in [0.25, 0.3) is 5.56 Å². The summed E-state index contributed by atoms with van der Waals surface area (Å²) in [5.41, 5.74) is 0.716. The Morgan fingerprint density at radius 2 is 1.82 bits per heavy atom. The van der Waals surface area contributed by atoms with Gasteiger partial charge in [0.05, 0.1) is 18.2 Å². The zero-order valence-corrected chi connectivity index (χ0v) is 20.7. The van der Waals surface area contributed by atoms with Gasteiger partial charge in [-0.05, 0) is 56.7 Å². The van der Waals surface area contributed by atoms with Gasteiger partial charge in [-0.15, -0.1) is 11.3 Å². The number of rotatable bonds is 6. The fourth-order valence-corrected chi connectivity index (χ4v) is 4.42. The van der Waals surface area contributed by atoms with Gasteiger partial charge in [0, 0.05) is 16.0 Å². The van der Waals surface area contributed by atoms with Crippen LogP contribution in [0.5, 0.6) is 11.5 Å². The highest BCUT2D eigenvalue weighted by atomic mass is 35.5. The molecule has 0 amide bonds. The van der Waals surface area contributed by atoms with Crippen LogP contribution in [0.4, 0.5) is 0 Å². The van der Waals surface area contributed by atoms with Crippen molar-refractivity contribution in [3.63, 3.8) is 0 Å². The number of hydrogen-bond donors (Lipinski definition) is 0. The molecule has 9 heteroatoms. The van der Waals surface area contributed by atoms with Crippen molar-refractivity contribution in [3.05, 3.63) is 70.2 Å². The number of methoxy groups -OCH3 is 1. The number of carbonyl (C=O) groups excluding carboxylic acids is 1. The Balaban J connectivity index is 1.62. The van der Waals surface area contributed by atoms with Gasteiger partial charge < -0.3 is 14.2 Å². The van der Waals surface area contributed by atoms with Crippen molar-refractivity contribution in [1.29, 1.82) is 0 Å². The number of esters is 1. The van der Waals surface area contributed by atoms with Gasteiger partial charge in [0.1, 0.15) is 16.8 Å². The third-order valence-corrected chi connectivity index (χ3v) is 6.12. The minimum atomic E-state index is -0.601. The first-order chi connectivity index (χ1) is 16.1. The molecule has 34 heavy (non-hydrogen) atoms. The summed E-state index contributed by atoms with van der Waals surface area (Å²) in [6.07, 6.45) is 1.49. The lowest BCUT2D eigenvalue weighted by Gasteiger charge is -2.20. The molecule has 0 saturated heterocycles. The minimum Gasteiger partial charge on any atom is -0.493 e. The second-order valence-electron chi connectivity index (χ2n) is 8.47. The number of aromatic nitrogens is 2. The predicted molar refractivity (Wildman–Crippen MR) is 134 cm³/mol. The summed E-state index contributed by atoms with van der Waals surface area (Å²) in [6.45, 7) is 5.10. The average molecular weight is 499 g/mol. The van der Waals surface area contributed by atoms with Crippen molar-refractivity contribution in [2.45, 2.75) is 26.4 Å². The standard InChI is InChI=1S/C25H23ClN2O5S/c1-25(2,3)33-22(29)13-32-19-10-9-17(11-20(19)31-4)28-14-27-23-18(24(28)30)12-21(34-23)15-5-7-16(26)8-6-15/h5-12,14H,13H2,1-4H3. The summed E-state index contributed by atoms with van der Waals surface area (Å²) < 4.78 is 17.7. The number of hydrogen-bond acceptors (Lipinski definition) is 7. The number of fused-ring (bicyclic) bond motifs is 1. The minimum absolute atomic E-state index is 0.203.